The zero-order valence-corrected chi connectivity index (χ0v) is 15.2. The number of carboxylic acid groups (broad SMARTS) is 1. The largest absolute Gasteiger partial charge is 0.465 e. The molecule has 1 fully saturated rings. The number of amides is 3. The Morgan fingerprint density at radius 3 is 2.25 bits per heavy atom. The Morgan fingerprint density at radius 1 is 1.04 bits per heavy atom. The van der Waals surface area contributed by atoms with Crippen molar-refractivity contribution >= 4 is 29.3 Å². The number of anilines is 2. The third kappa shape index (κ3) is 4.06. The summed E-state index contributed by atoms with van der Waals surface area (Å²) in [5, 5.41) is 11.7. The first-order valence-corrected chi connectivity index (χ1v) is 8.94. The maximum atomic E-state index is 12.5. The maximum Gasteiger partial charge on any atom is 0.407 e. The number of nitrogen functional groups attached to an aromatic ring is 1. The van der Waals surface area contributed by atoms with Crippen LogP contribution in [0.25, 0.3) is 0 Å². The van der Waals surface area contributed by atoms with Crippen LogP contribution in [0.1, 0.15) is 45.0 Å². The Balaban J connectivity index is 1.67. The quantitative estimate of drug-likeness (QED) is 0.602. The first-order chi connectivity index (χ1) is 13.4. The summed E-state index contributed by atoms with van der Waals surface area (Å²) in [5.74, 6) is -0.733. The number of nitrogens with zero attached hydrogens (tertiary/aromatic N) is 1. The van der Waals surface area contributed by atoms with Crippen LogP contribution in [0, 0.1) is 0 Å². The molecule has 0 bridgehead atoms. The van der Waals surface area contributed by atoms with Gasteiger partial charge in [-0.25, -0.2) is 4.79 Å². The molecule has 1 heterocycles. The average Bonchev–Trinajstić information content (AvgIpc) is 2.69. The lowest BCUT2D eigenvalue weighted by Crippen LogP contribution is -2.36. The molecular formula is C20H22N4O4. The van der Waals surface area contributed by atoms with Gasteiger partial charge in [-0.2, -0.15) is 0 Å². The summed E-state index contributed by atoms with van der Waals surface area (Å²) in [6, 6.07) is 11.9. The van der Waals surface area contributed by atoms with Crippen LogP contribution in [0.4, 0.5) is 16.2 Å². The Kier molecular flexibility index (Phi) is 5.49. The van der Waals surface area contributed by atoms with Crippen LogP contribution in [0.2, 0.25) is 0 Å². The van der Waals surface area contributed by atoms with E-state index in [2.05, 4.69) is 5.32 Å². The number of benzene rings is 2. The fourth-order valence-electron chi connectivity index (χ4n) is 3.39. The molecule has 0 unspecified atom stereocenters. The molecule has 8 nitrogen and oxygen atoms in total. The average molecular weight is 382 g/mol. The van der Waals surface area contributed by atoms with Gasteiger partial charge >= 0.3 is 6.09 Å². The molecule has 0 atom stereocenters. The zero-order chi connectivity index (χ0) is 20.3. The molecule has 3 rings (SSSR count). The third-order valence-corrected chi connectivity index (χ3v) is 5.03. The van der Waals surface area contributed by atoms with Crippen LogP contribution in [0.5, 0.6) is 0 Å². The van der Waals surface area contributed by atoms with E-state index in [0.717, 1.165) is 18.4 Å². The van der Waals surface area contributed by atoms with Crippen LogP contribution >= 0.6 is 0 Å². The summed E-state index contributed by atoms with van der Waals surface area (Å²) in [6.45, 7) is 1.02. The van der Waals surface area contributed by atoms with Crippen LogP contribution in [0.3, 0.4) is 0 Å². The molecule has 8 heteroatoms. The Morgan fingerprint density at radius 2 is 1.68 bits per heavy atom. The lowest BCUT2D eigenvalue weighted by atomic mass is 9.89. The molecular weight excluding hydrogens is 360 g/mol. The molecule has 1 aliphatic heterocycles. The number of piperidine rings is 1. The van der Waals surface area contributed by atoms with Crippen molar-refractivity contribution in [3.63, 3.8) is 0 Å². The summed E-state index contributed by atoms with van der Waals surface area (Å²) < 4.78 is 0. The minimum Gasteiger partial charge on any atom is -0.465 e. The predicted octanol–water partition coefficient (Wildman–Crippen LogP) is 2.48. The van der Waals surface area contributed by atoms with Crippen molar-refractivity contribution in [1.82, 2.24) is 4.90 Å². The second kappa shape index (κ2) is 7.99. The summed E-state index contributed by atoms with van der Waals surface area (Å²) in [6.07, 6.45) is 0.632. The minimum atomic E-state index is -0.884. The predicted molar refractivity (Wildman–Crippen MR) is 105 cm³/mol. The molecule has 0 saturated carbocycles. The van der Waals surface area contributed by atoms with Gasteiger partial charge in [0.1, 0.15) is 0 Å². The van der Waals surface area contributed by atoms with Gasteiger partial charge in [0, 0.05) is 18.7 Å². The topological polar surface area (TPSA) is 139 Å². The Labute approximate surface area is 162 Å². The number of nitrogens with one attached hydrogen (secondary N) is 1. The van der Waals surface area contributed by atoms with Gasteiger partial charge in [-0.15, -0.1) is 0 Å². The van der Waals surface area contributed by atoms with Crippen LogP contribution in [-0.4, -0.2) is 41.0 Å². The molecule has 0 aromatic heterocycles. The van der Waals surface area contributed by atoms with E-state index in [0.29, 0.717) is 24.3 Å². The highest BCUT2D eigenvalue weighted by atomic mass is 16.4. The number of hydrogen-bond donors (Lipinski definition) is 4. The summed E-state index contributed by atoms with van der Waals surface area (Å²) >= 11 is 0. The van der Waals surface area contributed by atoms with Gasteiger partial charge in [-0.05, 0) is 48.6 Å². The summed E-state index contributed by atoms with van der Waals surface area (Å²) in [5.41, 5.74) is 13.3. The lowest BCUT2D eigenvalue weighted by molar-refractivity contribution is 0.0997. The van der Waals surface area contributed by atoms with E-state index in [-0.39, 0.29) is 23.1 Å². The number of carbonyl (C=O) groups excluding carboxylic acids is 2. The highest BCUT2D eigenvalue weighted by Gasteiger charge is 2.23. The molecule has 0 spiro atoms. The van der Waals surface area contributed by atoms with Crippen LogP contribution in [0.15, 0.2) is 42.5 Å². The van der Waals surface area contributed by atoms with E-state index >= 15 is 0 Å². The number of para-hydroxylation sites is 1. The van der Waals surface area contributed by atoms with E-state index in [1.807, 2.05) is 12.1 Å². The van der Waals surface area contributed by atoms with E-state index in [1.54, 1.807) is 24.3 Å². The van der Waals surface area contributed by atoms with Gasteiger partial charge in [0.05, 0.1) is 16.9 Å². The lowest BCUT2D eigenvalue weighted by Gasteiger charge is -2.30. The molecule has 2 aromatic rings. The molecule has 0 aliphatic carbocycles. The van der Waals surface area contributed by atoms with Gasteiger partial charge in [0.25, 0.3) is 11.8 Å². The molecule has 1 saturated heterocycles. The highest BCUT2D eigenvalue weighted by molar-refractivity contribution is 6.08. The first kappa shape index (κ1) is 19.2. The Hall–Kier alpha value is -3.55. The second-order valence-corrected chi connectivity index (χ2v) is 6.75. The second-order valence-electron chi connectivity index (χ2n) is 6.75. The number of rotatable bonds is 4. The van der Waals surface area contributed by atoms with Crippen molar-refractivity contribution in [1.29, 1.82) is 0 Å². The number of hydrogen-bond acceptors (Lipinski definition) is 4. The van der Waals surface area contributed by atoms with Gasteiger partial charge in [-0.1, -0.05) is 18.2 Å². The molecule has 2 aromatic carbocycles. The van der Waals surface area contributed by atoms with Crippen LogP contribution < -0.4 is 16.8 Å². The van der Waals surface area contributed by atoms with Crippen molar-refractivity contribution in [2.24, 2.45) is 5.73 Å². The molecule has 1 aliphatic rings. The van der Waals surface area contributed by atoms with Crippen molar-refractivity contribution in [2.45, 2.75) is 18.8 Å². The molecule has 6 N–H and O–H groups in total. The monoisotopic (exact) mass is 382 g/mol. The fourth-order valence-corrected chi connectivity index (χ4v) is 3.39. The van der Waals surface area contributed by atoms with Gasteiger partial charge in [0.2, 0.25) is 0 Å². The van der Waals surface area contributed by atoms with E-state index in [4.69, 9.17) is 16.6 Å². The molecule has 28 heavy (non-hydrogen) atoms. The summed E-state index contributed by atoms with van der Waals surface area (Å²) in [7, 11) is 0. The molecule has 146 valence electrons. The highest BCUT2D eigenvalue weighted by Crippen LogP contribution is 2.28. The van der Waals surface area contributed by atoms with Crippen molar-refractivity contribution < 1.29 is 19.5 Å². The smallest absolute Gasteiger partial charge is 0.407 e. The minimum absolute atomic E-state index is 0.130. The van der Waals surface area contributed by atoms with Gasteiger partial charge in [0.15, 0.2) is 0 Å². The first-order valence-electron chi connectivity index (χ1n) is 8.94. The van der Waals surface area contributed by atoms with E-state index < -0.39 is 12.0 Å². The Bertz CT molecular complexity index is 903. The standard InChI is InChI=1S/C20H22N4O4/c21-17-15(18(22)25)2-1-3-16(17)23-19(26)14-6-4-12(5-7-14)13-8-10-24(11-9-13)20(27)28/h1-7,13H,8-11,21H2,(H2,22,25)(H,23,26)(H,27,28). The number of likely N-dealkylation sites (tertiary alicyclic amines) is 1. The number of primary amides is 1. The summed E-state index contributed by atoms with van der Waals surface area (Å²) in [4.78, 5) is 36.3. The van der Waals surface area contributed by atoms with Crippen LogP contribution in [-0.2, 0) is 0 Å². The van der Waals surface area contributed by atoms with Crippen molar-refractivity contribution in [3.05, 3.63) is 59.2 Å². The SMILES string of the molecule is NC(=O)c1cccc(NC(=O)c2ccc(C3CCN(C(=O)O)CC3)cc2)c1N. The number of carbonyl (C=O) groups is 3. The van der Waals surface area contributed by atoms with Crippen molar-refractivity contribution in [3.8, 4) is 0 Å². The van der Waals surface area contributed by atoms with Crippen molar-refractivity contribution in [2.75, 3.05) is 24.1 Å². The molecule has 0 radical (unpaired) electrons. The fraction of sp³-hybridized carbons (Fsp3) is 0.250. The third-order valence-electron chi connectivity index (χ3n) is 5.03. The number of nitrogens with two attached hydrogens (primary N) is 2. The van der Waals surface area contributed by atoms with E-state index in [9.17, 15) is 14.4 Å². The normalized spacial score (nSPS) is 14.5. The zero-order valence-electron chi connectivity index (χ0n) is 15.2. The molecule has 3 amide bonds. The van der Waals surface area contributed by atoms with Gasteiger partial charge < -0.3 is 26.8 Å². The van der Waals surface area contributed by atoms with E-state index in [1.165, 1.54) is 11.0 Å². The maximum absolute atomic E-state index is 12.5. The van der Waals surface area contributed by atoms with Gasteiger partial charge in [-0.3, -0.25) is 9.59 Å².